The van der Waals surface area contributed by atoms with Crippen molar-refractivity contribution in [1.82, 2.24) is 5.32 Å². The summed E-state index contributed by atoms with van der Waals surface area (Å²) in [6.07, 6.45) is -0.146. The van der Waals surface area contributed by atoms with Crippen molar-refractivity contribution in [3.63, 3.8) is 0 Å². The molecule has 0 bridgehead atoms. The number of nitrogens with two attached hydrogens (primary N) is 2. The predicted molar refractivity (Wildman–Crippen MR) is 56.3 cm³/mol. The normalized spacial score (nSPS) is 14.7. The number of aliphatic carboxylic acids is 1. The number of carboxylic acids is 1. The Kier molecular flexibility index (Phi) is 5.94. The number of hydrogen-bond donors (Lipinski definition) is 4. The second kappa shape index (κ2) is 7.63. The Balaban J connectivity index is 4.11. The Morgan fingerprint density at radius 2 is 2.00 bits per heavy atom. The van der Waals surface area contributed by atoms with Gasteiger partial charge in [0.05, 0.1) is 0 Å². The lowest BCUT2D eigenvalue weighted by Gasteiger charge is -2.14. The first kappa shape index (κ1) is 12.4. The number of amides is 2. The van der Waals surface area contributed by atoms with Crippen LogP contribution in [0, 0.1) is 0 Å². The second-order valence-corrected chi connectivity index (χ2v) is 3.23. The standard InChI is InChI=1S/C9H17N3O4/c10-5-1-2-7(13)12-6(9(11)16)3-4-8(14)15/h6H,1-5,10H2,(H2,11,16)(H,12,13)(H,14,15)/t6-/m0/s1/i5D/t5?,6-. The first-order valence-corrected chi connectivity index (χ1v) is 4.81. The lowest BCUT2D eigenvalue weighted by Crippen LogP contribution is -2.44. The van der Waals surface area contributed by atoms with Gasteiger partial charge in [0, 0.05) is 14.2 Å². The molecule has 16 heavy (non-hydrogen) atoms. The van der Waals surface area contributed by atoms with E-state index in [4.69, 9.17) is 17.9 Å². The first-order chi connectivity index (χ1) is 7.82. The fourth-order valence-corrected chi connectivity index (χ4v) is 1.03. The van der Waals surface area contributed by atoms with Gasteiger partial charge >= 0.3 is 5.97 Å². The highest BCUT2D eigenvalue weighted by Gasteiger charge is 2.18. The van der Waals surface area contributed by atoms with Gasteiger partial charge in [0.15, 0.2) is 0 Å². The molecule has 0 fully saturated rings. The summed E-state index contributed by atoms with van der Waals surface area (Å²) < 4.78 is 7.00. The van der Waals surface area contributed by atoms with E-state index >= 15 is 0 Å². The van der Waals surface area contributed by atoms with Crippen LogP contribution >= 0.6 is 0 Å². The van der Waals surface area contributed by atoms with Crippen molar-refractivity contribution in [2.45, 2.75) is 31.7 Å². The number of carboxylic acid groups (broad SMARTS) is 1. The average Bonchev–Trinajstić information content (AvgIpc) is 2.20. The van der Waals surface area contributed by atoms with Crippen LogP contribution in [0.1, 0.15) is 27.1 Å². The van der Waals surface area contributed by atoms with E-state index in [1.165, 1.54) is 0 Å². The highest BCUT2D eigenvalue weighted by molar-refractivity contribution is 5.86. The maximum atomic E-state index is 11.3. The summed E-state index contributed by atoms with van der Waals surface area (Å²) in [6.45, 7) is -0.855. The third-order valence-electron chi connectivity index (χ3n) is 1.86. The highest BCUT2D eigenvalue weighted by Crippen LogP contribution is 1.98. The quantitative estimate of drug-likeness (QED) is 0.406. The Hall–Kier alpha value is -1.63. The molecule has 0 aromatic rings. The minimum atomic E-state index is -1.07. The number of carbonyl (C=O) groups excluding carboxylic acids is 2. The summed E-state index contributed by atoms with van der Waals surface area (Å²) in [7, 11) is 0. The van der Waals surface area contributed by atoms with Gasteiger partial charge < -0.3 is 21.9 Å². The molecule has 92 valence electrons. The van der Waals surface area contributed by atoms with E-state index in [0.29, 0.717) is 0 Å². The van der Waals surface area contributed by atoms with E-state index in [1.807, 2.05) is 0 Å². The van der Waals surface area contributed by atoms with Crippen LogP contribution in [0.15, 0.2) is 0 Å². The van der Waals surface area contributed by atoms with E-state index < -0.39 is 30.3 Å². The topological polar surface area (TPSA) is 136 Å². The Bertz CT molecular complexity index is 296. The fraction of sp³-hybridized carbons (Fsp3) is 0.667. The molecule has 0 aromatic heterocycles. The highest BCUT2D eigenvalue weighted by atomic mass is 16.4. The van der Waals surface area contributed by atoms with Crippen LogP contribution in [0.3, 0.4) is 0 Å². The third-order valence-corrected chi connectivity index (χ3v) is 1.86. The second-order valence-electron chi connectivity index (χ2n) is 3.23. The molecule has 0 spiro atoms. The van der Waals surface area contributed by atoms with E-state index in [0.717, 1.165) is 0 Å². The molecule has 2 amide bonds. The van der Waals surface area contributed by atoms with E-state index in [2.05, 4.69) is 5.32 Å². The summed E-state index contributed by atoms with van der Waals surface area (Å²) in [5, 5.41) is 10.8. The molecule has 0 saturated heterocycles. The summed E-state index contributed by atoms with van der Waals surface area (Å²) >= 11 is 0. The van der Waals surface area contributed by atoms with E-state index in [9.17, 15) is 14.4 Å². The zero-order chi connectivity index (χ0) is 13.4. The maximum Gasteiger partial charge on any atom is 0.303 e. The van der Waals surface area contributed by atoms with Gasteiger partial charge in [-0.2, -0.15) is 0 Å². The molecule has 7 nitrogen and oxygen atoms in total. The van der Waals surface area contributed by atoms with Crippen LogP contribution < -0.4 is 16.8 Å². The molecule has 6 N–H and O–H groups in total. The summed E-state index contributed by atoms with van der Waals surface area (Å²) in [5.41, 5.74) is 10.2. The van der Waals surface area contributed by atoms with Gasteiger partial charge in [-0.25, -0.2) is 0 Å². The molecule has 0 aliphatic heterocycles. The van der Waals surface area contributed by atoms with Crippen LogP contribution in [0.25, 0.3) is 0 Å². The minimum absolute atomic E-state index is 0.00151. The van der Waals surface area contributed by atoms with Crippen LogP contribution in [0.4, 0.5) is 0 Å². The Morgan fingerprint density at radius 3 is 2.44 bits per heavy atom. The third kappa shape index (κ3) is 6.77. The molecule has 0 rings (SSSR count). The van der Waals surface area contributed by atoms with Gasteiger partial charge in [-0.1, -0.05) is 0 Å². The van der Waals surface area contributed by atoms with Gasteiger partial charge in [0.2, 0.25) is 11.8 Å². The van der Waals surface area contributed by atoms with Crippen molar-refractivity contribution in [3.8, 4) is 0 Å². The molecule has 0 aliphatic carbocycles. The summed E-state index contributed by atoms with van der Waals surface area (Å²) in [4.78, 5) is 32.6. The SMILES string of the molecule is [2H]C(N)CCC(=O)N[C@@H](CCC(=O)O)C(N)=O. The molecule has 7 heteroatoms. The summed E-state index contributed by atoms with van der Waals surface area (Å²) in [6, 6.07) is -0.999. The predicted octanol–water partition coefficient (Wildman–Crippen LogP) is -1.44. The molecule has 1 unspecified atom stereocenters. The number of rotatable bonds is 8. The minimum Gasteiger partial charge on any atom is -0.481 e. The molecule has 0 aliphatic rings. The Labute approximate surface area is 94.6 Å². The zero-order valence-corrected chi connectivity index (χ0v) is 8.81. The van der Waals surface area contributed by atoms with E-state index in [1.54, 1.807) is 0 Å². The van der Waals surface area contributed by atoms with Crippen LogP contribution in [0.5, 0.6) is 0 Å². The van der Waals surface area contributed by atoms with E-state index in [-0.39, 0.29) is 25.7 Å². The molecule has 0 heterocycles. The van der Waals surface area contributed by atoms with Crippen molar-refractivity contribution in [2.24, 2.45) is 11.5 Å². The van der Waals surface area contributed by atoms with Crippen molar-refractivity contribution in [3.05, 3.63) is 0 Å². The summed E-state index contributed by atoms with van der Waals surface area (Å²) in [5.74, 6) is -2.32. The lowest BCUT2D eigenvalue weighted by atomic mass is 10.1. The van der Waals surface area contributed by atoms with Gasteiger partial charge in [-0.15, -0.1) is 0 Å². The van der Waals surface area contributed by atoms with Gasteiger partial charge in [0.1, 0.15) is 6.04 Å². The zero-order valence-electron chi connectivity index (χ0n) is 9.81. The van der Waals surface area contributed by atoms with Crippen LogP contribution in [-0.2, 0) is 14.4 Å². The molecular formula is C9H17N3O4. The number of hydrogen-bond acceptors (Lipinski definition) is 4. The fourth-order valence-electron chi connectivity index (χ4n) is 1.03. The van der Waals surface area contributed by atoms with Gasteiger partial charge in [-0.05, 0) is 19.4 Å². The largest absolute Gasteiger partial charge is 0.481 e. The van der Waals surface area contributed by atoms with Gasteiger partial charge in [-0.3, -0.25) is 14.4 Å². The lowest BCUT2D eigenvalue weighted by molar-refractivity contribution is -0.137. The molecule has 0 aromatic carbocycles. The van der Waals surface area contributed by atoms with Gasteiger partial charge in [0.25, 0.3) is 0 Å². The van der Waals surface area contributed by atoms with Crippen molar-refractivity contribution < 1.29 is 20.9 Å². The first-order valence-electron chi connectivity index (χ1n) is 5.39. The van der Waals surface area contributed by atoms with Crippen molar-refractivity contribution in [2.75, 3.05) is 6.52 Å². The number of nitrogens with one attached hydrogen (secondary N) is 1. The molecular weight excluding hydrogens is 214 g/mol. The molecule has 2 atom stereocenters. The number of primary amides is 1. The van der Waals surface area contributed by atoms with Crippen LogP contribution in [-0.4, -0.2) is 35.5 Å². The maximum absolute atomic E-state index is 11.3. The molecule has 0 radical (unpaired) electrons. The van der Waals surface area contributed by atoms with Crippen molar-refractivity contribution >= 4 is 17.8 Å². The van der Waals surface area contributed by atoms with Crippen molar-refractivity contribution in [1.29, 1.82) is 0 Å². The smallest absolute Gasteiger partial charge is 0.303 e. The molecule has 0 saturated carbocycles. The Morgan fingerprint density at radius 1 is 1.38 bits per heavy atom. The monoisotopic (exact) mass is 232 g/mol. The number of carbonyl (C=O) groups is 3. The average molecular weight is 232 g/mol. The van der Waals surface area contributed by atoms with Crippen LogP contribution in [0.2, 0.25) is 0 Å².